The Kier molecular flexibility index (Phi) is 4.21. The molecule has 4 amide bonds. The quantitative estimate of drug-likeness (QED) is 0.677. The zero-order chi connectivity index (χ0) is 18.3. The first-order chi connectivity index (χ1) is 12.5. The number of hydrogen-bond donors (Lipinski definition) is 3. The summed E-state index contributed by atoms with van der Waals surface area (Å²) in [5, 5.41) is 4.70. The lowest BCUT2D eigenvalue weighted by Gasteiger charge is -2.30. The molecule has 1 saturated carbocycles. The van der Waals surface area contributed by atoms with E-state index in [1.165, 1.54) is 12.8 Å². The van der Waals surface area contributed by atoms with E-state index in [9.17, 15) is 19.2 Å². The van der Waals surface area contributed by atoms with Crippen LogP contribution in [0.15, 0.2) is 4.79 Å². The topological polar surface area (TPSA) is 124 Å². The number of rotatable bonds is 3. The summed E-state index contributed by atoms with van der Waals surface area (Å²) in [6.07, 6.45) is 3.91. The fourth-order valence-corrected chi connectivity index (χ4v) is 3.51. The van der Waals surface area contributed by atoms with E-state index in [0.717, 1.165) is 6.42 Å². The van der Waals surface area contributed by atoms with Crippen molar-refractivity contribution in [3.63, 3.8) is 0 Å². The van der Waals surface area contributed by atoms with Gasteiger partial charge >= 0.3 is 6.03 Å². The van der Waals surface area contributed by atoms with E-state index in [1.807, 2.05) is 0 Å². The van der Waals surface area contributed by atoms with E-state index < -0.39 is 12.1 Å². The Hall–Kier alpha value is -2.71. The number of hydrogen-bond acceptors (Lipinski definition) is 5. The fourth-order valence-electron chi connectivity index (χ4n) is 3.51. The monoisotopic (exact) mass is 359 g/mol. The number of aromatic nitrogens is 2. The zero-order valence-electron chi connectivity index (χ0n) is 14.3. The van der Waals surface area contributed by atoms with Gasteiger partial charge in [-0.1, -0.05) is 0 Å². The molecule has 1 aliphatic carbocycles. The van der Waals surface area contributed by atoms with Crippen molar-refractivity contribution in [3.05, 3.63) is 27.4 Å². The Bertz CT molecular complexity index is 829. The van der Waals surface area contributed by atoms with Crippen molar-refractivity contribution in [2.24, 2.45) is 5.92 Å². The minimum Gasteiger partial charge on any atom is -0.335 e. The molecule has 1 aromatic rings. The van der Waals surface area contributed by atoms with Gasteiger partial charge in [-0.2, -0.15) is 0 Å². The second kappa shape index (κ2) is 6.54. The third-order valence-electron chi connectivity index (χ3n) is 5.13. The van der Waals surface area contributed by atoms with Gasteiger partial charge in [0.05, 0.1) is 12.2 Å². The highest BCUT2D eigenvalue weighted by molar-refractivity contribution is 5.98. The molecular formula is C17H21N5O4. The maximum atomic E-state index is 12.8. The van der Waals surface area contributed by atoms with Crippen LogP contribution in [0, 0.1) is 5.92 Å². The summed E-state index contributed by atoms with van der Waals surface area (Å²) in [5.74, 6) is 0.651. The number of urea groups is 1. The van der Waals surface area contributed by atoms with E-state index in [-0.39, 0.29) is 36.8 Å². The molecule has 26 heavy (non-hydrogen) atoms. The molecule has 1 aromatic heterocycles. The molecule has 9 nitrogen and oxygen atoms in total. The average Bonchev–Trinajstić information content (AvgIpc) is 3.42. The summed E-state index contributed by atoms with van der Waals surface area (Å²) in [7, 11) is 0. The van der Waals surface area contributed by atoms with E-state index in [1.54, 1.807) is 4.90 Å². The maximum absolute atomic E-state index is 12.8. The summed E-state index contributed by atoms with van der Waals surface area (Å²) < 4.78 is 0. The Morgan fingerprint density at radius 3 is 2.73 bits per heavy atom. The molecule has 3 aliphatic rings. The number of carbonyl (C=O) groups is 3. The van der Waals surface area contributed by atoms with Crippen molar-refractivity contribution >= 4 is 17.8 Å². The van der Waals surface area contributed by atoms with Gasteiger partial charge in [-0.3, -0.25) is 19.7 Å². The molecule has 3 N–H and O–H groups in total. The first-order valence-electron chi connectivity index (χ1n) is 8.99. The number of imide groups is 1. The van der Waals surface area contributed by atoms with E-state index >= 15 is 0 Å². The highest BCUT2D eigenvalue weighted by Crippen LogP contribution is 2.31. The van der Waals surface area contributed by atoms with Gasteiger partial charge in [0.2, 0.25) is 11.8 Å². The molecule has 4 rings (SSSR count). The number of aromatic amines is 1. The van der Waals surface area contributed by atoms with Gasteiger partial charge in [0.15, 0.2) is 0 Å². The number of H-pyrrole nitrogens is 1. The van der Waals surface area contributed by atoms with Gasteiger partial charge in [-0.25, -0.2) is 9.78 Å². The average molecular weight is 359 g/mol. The Morgan fingerprint density at radius 1 is 1.15 bits per heavy atom. The molecule has 1 saturated heterocycles. The molecule has 2 fully saturated rings. The Labute approximate surface area is 149 Å². The molecule has 9 heteroatoms. The Morgan fingerprint density at radius 2 is 1.96 bits per heavy atom. The van der Waals surface area contributed by atoms with Crippen molar-refractivity contribution in [3.8, 4) is 0 Å². The van der Waals surface area contributed by atoms with Crippen molar-refractivity contribution in [1.29, 1.82) is 0 Å². The molecule has 0 radical (unpaired) electrons. The minimum atomic E-state index is -0.740. The molecule has 3 heterocycles. The fraction of sp³-hybridized carbons (Fsp3) is 0.588. The minimum absolute atomic E-state index is 0.114. The number of carbonyl (C=O) groups excluding carboxylic acids is 3. The van der Waals surface area contributed by atoms with Gasteiger partial charge in [0, 0.05) is 24.9 Å². The van der Waals surface area contributed by atoms with Gasteiger partial charge in [-0.05, 0) is 31.6 Å². The summed E-state index contributed by atoms with van der Waals surface area (Å²) in [6, 6.07) is -1.39. The van der Waals surface area contributed by atoms with Crippen molar-refractivity contribution in [2.45, 2.75) is 51.1 Å². The number of amides is 4. The summed E-state index contributed by atoms with van der Waals surface area (Å²) in [6.45, 7) is 0.649. The van der Waals surface area contributed by atoms with Crippen LogP contribution in [0.2, 0.25) is 0 Å². The van der Waals surface area contributed by atoms with Crippen LogP contribution in [0.3, 0.4) is 0 Å². The maximum Gasteiger partial charge on any atom is 0.322 e. The number of nitrogens with zero attached hydrogens (tertiary/aromatic N) is 2. The first-order valence-corrected chi connectivity index (χ1v) is 8.99. The van der Waals surface area contributed by atoms with Crippen LogP contribution in [-0.2, 0) is 29.0 Å². The molecule has 1 atom stereocenters. The van der Waals surface area contributed by atoms with E-state index in [2.05, 4.69) is 20.6 Å². The smallest absolute Gasteiger partial charge is 0.322 e. The van der Waals surface area contributed by atoms with Crippen molar-refractivity contribution in [1.82, 2.24) is 25.5 Å². The summed E-state index contributed by atoms with van der Waals surface area (Å²) in [4.78, 5) is 57.2. The Balaban J connectivity index is 1.50. The predicted molar refractivity (Wildman–Crippen MR) is 90.1 cm³/mol. The highest BCUT2D eigenvalue weighted by atomic mass is 16.2. The van der Waals surface area contributed by atoms with Crippen LogP contribution in [0.5, 0.6) is 0 Å². The number of fused-ring (bicyclic) bond motifs is 1. The second-order valence-corrected chi connectivity index (χ2v) is 7.21. The van der Waals surface area contributed by atoms with Gasteiger partial charge in [0.1, 0.15) is 11.9 Å². The van der Waals surface area contributed by atoms with Gasteiger partial charge in [-0.15, -0.1) is 0 Å². The lowest BCUT2D eigenvalue weighted by atomic mass is 10.0. The highest BCUT2D eigenvalue weighted by Gasteiger charge is 2.32. The first kappa shape index (κ1) is 16.7. The lowest BCUT2D eigenvalue weighted by molar-refractivity contribution is -0.134. The van der Waals surface area contributed by atoms with Crippen LogP contribution < -0.4 is 16.2 Å². The third kappa shape index (κ3) is 3.47. The van der Waals surface area contributed by atoms with Crippen LogP contribution >= 0.6 is 0 Å². The molecular weight excluding hydrogens is 338 g/mol. The molecule has 2 aliphatic heterocycles. The summed E-state index contributed by atoms with van der Waals surface area (Å²) >= 11 is 0. The summed E-state index contributed by atoms with van der Waals surface area (Å²) in [5.41, 5.74) is 1.16. The molecule has 0 unspecified atom stereocenters. The third-order valence-corrected chi connectivity index (χ3v) is 5.13. The van der Waals surface area contributed by atoms with E-state index in [4.69, 9.17) is 0 Å². The number of nitrogens with one attached hydrogen (secondary N) is 3. The molecule has 0 aromatic carbocycles. The van der Waals surface area contributed by atoms with Crippen LogP contribution in [0.25, 0.3) is 0 Å². The van der Waals surface area contributed by atoms with Crippen molar-refractivity contribution in [2.75, 3.05) is 6.54 Å². The van der Waals surface area contributed by atoms with Crippen molar-refractivity contribution < 1.29 is 14.4 Å². The molecule has 0 spiro atoms. The molecule has 138 valence electrons. The van der Waals surface area contributed by atoms with Crippen LogP contribution in [-0.4, -0.2) is 45.3 Å². The second-order valence-electron chi connectivity index (χ2n) is 7.21. The van der Waals surface area contributed by atoms with Crippen LogP contribution in [0.4, 0.5) is 4.79 Å². The van der Waals surface area contributed by atoms with Gasteiger partial charge in [0.25, 0.3) is 5.56 Å². The molecule has 0 bridgehead atoms. The van der Waals surface area contributed by atoms with Crippen LogP contribution in [0.1, 0.15) is 42.8 Å². The van der Waals surface area contributed by atoms with E-state index in [0.29, 0.717) is 36.0 Å². The van der Waals surface area contributed by atoms with Gasteiger partial charge < -0.3 is 15.2 Å². The normalized spacial score (nSPS) is 22.9. The predicted octanol–water partition coefficient (Wildman–Crippen LogP) is -0.405. The SMILES string of the molecule is O=C1CC[C@H](C(=O)N2CCc3c(nc(CC4CC4)[nH]c3=O)C2)NC(=O)N1. The zero-order valence-corrected chi connectivity index (χ0v) is 14.3. The largest absolute Gasteiger partial charge is 0.335 e. The standard InChI is InChI=1S/C17H21N5O4/c23-14-4-3-11(19-17(26)21-14)16(25)22-6-5-10-12(8-22)18-13(20-15(10)24)7-9-1-2-9/h9,11H,1-8H2,(H,18,20,24)(H2,19,21,23,26)/t11-/m1/s1. The lowest BCUT2D eigenvalue weighted by Crippen LogP contribution is -2.51.